The molecule has 0 radical (unpaired) electrons. The number of fused-ring (bicyclic) bond motifs is 1. The molecule has 0 bridgehead atoms. The number of carbonyl (C=O) groups excluding carboxylic acids is 1. The Kier molecular flexibility index (Phi) is 5.54. The van der Waals surface area contributed by atoms with Gasteiger partial charge in [0.25, 0.3) is 5.91 Å². The second-order valence-corrected chi connectivity index (χ2v) is 6.67. The van der Waals surface area contributed by atoms with Gasteiger partial charge in [-0.15, -0.1) is 0 Å². The van der Waals surface area contributed by atoms with E-state index in [9.17, 15) is 4.79 Å². The summed E-state index contributed by atoms with van der Waals surface area (Å²) in [4.78, 5) is 14.9. The van der Waals surface area contributed by atoms with Gasteiger partial charge in [-0.3, -0.25) is 4.79 Å². The third-order valence-corrected chi connectivity index (χ3v) is 4.89. The summed E-state index contributed by atoms with van der Waals surface area (Å²) >= 11 is 5.98. The summed E-state index contributed by atoms with van der Waals surface area (Å²) in [6.45, 7) is 5.94. The maximum Gasteiger partial charge on any atom is 0.251 e. The van der Waals surface area contributed by atoms with E-state index in [1.165, 1.54) is 11.1 Å². The predicted molar refractivity (Wildman–Crippen MR) is 98.6 cm³/mol. The number of hydrogen-bond acceptors (Lipinski definition) is 2. The van der Waals surface area contributed by atoms with Crippen molar-refractivity contribution in [1.29, 1.82) is 0 Å². The van der Waals surface area contributed by atoms with Crippen LogP contribution < -0.4 is 5.32 Å². The van der Waals surface area contributed by atoms with Gasteiger partial charge in [0.2, 0.25) is 0 Å². The molecule has 1 amide bonds. The van der Waals surface area contributed by atoms with Crippen molar-refractivity contribution in [3.05, 3.63) is 69.7 Å². The fourth-order valence-electron chi connectivity index (χ4n) is 3.16. The van der Waals surface area contributed by atoms with Gasteiger partial charge in [0.05, 0.1) is 0 Å². The molecule has 1 aliphatic rings. The number of halogens is 1. The molecule has 0 fully saturated rings. The van der Waals surface area contributed by atoms with Crippen LogP contribution in [0.2, 0.25) is 5.02 Å². The quantitative estimate of drug-likeness (QED) is 0.919. The minimum absolute atomic E-state index is 0.0330. The van der Waals surface area contributed by atoms with Gasteiger partial charge >= 0.3 is 0 Å². The Bertz CT molecular complexity index is 729. The molecule has 24 heavy (non-hydrogen) atoms. The molecule has 0 saturated carbocycles. The summed E-state index contributed by atoms with van der Waals surface area (Å²) in [5.74, 6) is -0.0330. The van der Waals surface area contributed by atoms with Gasteiger partial charge in [0, 0.05) is 30.2 Å². The van der Waals surface area contributed by atoms with Crippen molar-refractivity contribution in [2.75, 3.05) is 19.6 Å². The van der Waals surface area contributed by atoms with Crippen molar-refractivity contribution in [3.8, 4) is 0 Å². The standard InChI is InChI=1S/C20H23ClN2O/c1-2-23-10-8-16-6-7-18(13-17(16)9-11-23)20(24)22-14-15-4-3-5-19(21)12-15/h3-7,12-13H,2,8-11,14H2,1H3,(H,22,24). The van der Waals surface area contributed by atoms with E-state index in [4.69, 9.17) is 11.6 Å². The first-order chi connectivity index (χ1) is 11.7. The number of nitrogens with one attached hydrogen (secondary N) is 1. The number of rotatable bonds is 4. The van der Waals surface area contributed by atoms with E-state index in [2.05, 4.69) is 29.3 Å². The van der Waals surface area contributed by atoms with E-state index >= 15 is 0 Å². The lowest BCUT2D eigenvalue weighted by Gasteiger charge is -2.16. The molecule has 0 aliphatic carbocycles. The zero-order chi connectivity index (χ0) is 16.9. The first-order valence-electron chi connectivity index (χ1n) is 8.52. The fourth-order valence-corrected chi connectivity index (χ4v) is 3.37. The largest absolute Gasteiger partial charge is 0.348 e. The fraction of sp³-hybridized carbons (Fsp3) is 0.350. The Morgan fingerprint density at radius 1 is 1.12 bits per heavy atom. The monoisotopic (exact) mass is 342 g/mol. The lowest BCUT2D eigenvalue weighted by molar-refractivity contribution is 0.0951. The lowest BCUT2D eigenvalue weighted by Crippen LogP contribution is -2.25. The second kappa shape index (κ2) is 7.82. The summed E-state index contributed by atoms with van der Waals surface area (Å²) in [5, 5.41) is 3.66. The Morgan fingerprint density at radius 3 is 2.67 bits per heavy atom. The van der Waals surface area contributed by atoms with Crippen LogP contribution in [0.4, 0.5) is 0 Å². The molecule has 3 rings (SSSR count). The average molecular weight is 343 g/mol. The Hall–Kier alpha value is -1.84. The molecule has 0 saturated heterocycles. The minimum Gasteiger partial charge on any atom is -0.348 e. The summed E-state index contributed by atoms with van der Waals surface area (Å²) < 4.78 is 0. The highest BCUT2D eigenvalue weighted by Crippen LogP contribution is 2.18. The van der Waals surface area contributed by atoms with Crippen LogP contribution in [0.1, 0.15) is 34.0 Å². The Morgan fingerprint density at radius 2 is 1.92 bits per heavy atom. The van der Waals surface area contributed by atoms with E-state index in [1.807, 2.05) is 30.3 Å². The molecular weight excluding hydrogens is 320 g/mol. The molecule has 0 aromatic heterocycles. The molecule has 0 spiro atoms. The second-order valence-electron chi connectivity index (χ2n) is 6.23. The van der Waals surface area contributed by atoms with Gasteiger partial charge in [-0.1, -0.05) is 36.7 Å². The van der Waals surface area contributed by atoms with Crippen molar-refractivity contribution >= 4 is 17.5 Å². The number of carbonyl (C=O) groups is 1. The van der Waals surface area contributed by atoms with Crippen LogP contribution in [-0.2, 0) is 19.4 Å². The molecule has 1 N–H and O–H groups in total. The van der Waals surface area contributed by atoms with Crippen molar-refractivity contribution in [2.24, 2.45) is 0 Å². The molecule has 0 unspecified atom stereocenters. The molecule has 2 aromatic carbocycles. The number of nitrogens with zero attached hydrogens (tertiary/aromatic N) is 1. The van der Waals surface area contributed by atoms with Crippen LogP contribution in [0, 0.1) is 0 Å². The maximum absolute atomic E-state index is 12.4. The first-order valence-corrected chi connectivity index (χ1v) is 8.90. The molecule has 1 aliphatic heterocycles. The highest BCUT2D eigenvalue weighted by atomic mass is 35.5. The summed E-state index contributed by atoms with van der Waals surface area (Å²) in [6, 6.07) is 13.7. The normalized spacial score (nSPS) is 14.8. The molecule has 1 heterocycles. The van der Waals surface area contributed by atoms with E-state index in [1.54, 1.807) is 0 Å². The molecule has 3 nitrogen and oxygen atoms in total. The third-order valence-electron chi connectivity index (χ3n) is 4.65. The van der Waals surface area contributed by atoms with E-state index in [0.717, 1.165) is 43.6 Å². The van der Waals surface area contributed by atoms with Crippen molar-refractivity contribution in [2.45, 2.75) is 26.3 Å². The van der Waals surface area contributed by atoms with Gasteiger partial charge in [-0.05, 0) is 60.3 Å². The van der Waals surface area contributed by atoms with Crippen LogP contribution in [0.3, 0.4) is 0 Å². The van der Waals surface area contributed by atoms with Crippen LogP contribution >= 0.6 is 11.6 Å². The zero-order valence-electron chi connectivity index (χ0n) is 14.0. The molecule has 0 atom stereocenters. The summed E-state index contributed by atoms with van der Waals surface area (Å²) in [5.41, 5.74) is 4.42. The molecular formula is C20H23ClN2O. The summed E-state index contributed by atoms with van der Waals surface area (Å²) in [6.07, 6.45) is 2.08. The Labute approximate surface area is 148 Å². The van der Waals surface area contributed by atoms with Crippen LogP contribution in [-0.4, -0.2) is 30.4 Å². The van der Waals surface area contributed by atoms with E-state index < -0.39 is 0 Å². The Balaban J connectivity index is 1.67. The van der Waals surface area contributed by atoms with Gasteiger partial charge in [-0.2, -0.15) is 0 Å². The maximum atomic E-state index is 12.4. The third kappa shape index (κ3) is 4.16. The van der Waals surface area contributed by atoms with Crippen molar-refractivity contribution in [3.63, 3.8) is 0 Å². The summed E-state index contributed by atoms with van der Waals surface area (Å²) in [7, 11) is 0. The SMILES string of the molecule is CCN1CCc2ccc(C(=O)NCc3cccc(Cl)c3)cc2CC1. The lowest BCUT2D eigenvalue weighted by atomic mass is 10.00. The van der Waals surface area contributed by atoms with Crippen molar-refractivity contribution in [1.82, 2.24) is 10.2 Å². The van der Waals surface area contributed by atoms with Crippen molar-refractivity contribution < 1.29 is 4.79 Å². The average Bonchev–Trinajstić information content (AvgIpc) is 2.81. The smallest absolute Gasteiger partial charge is 0.251 e. The van der Waals surface area contributed by atoms with E-state index in [0.29, 0.717) is 11.6 Å². The number of likely N-dealkylation sites (N-methyl/N-ethyl adjacent to an activating group) is 1. The molecule has 2 aromatic rings. The minimum atomic E-state index is -0.0330. The van der Waals surface area contributed by atoms with Gasteiger partial charge < -0.3 is 10.2 Å². The topological polar surface area (TPSA) is 32.3 Å². The van der Waals surface area contributed by atoms with Gasteiger partial charge in [0.1, 0.15) is 0 Å². The highest BCUT2D eigenvalue weighted by Gasteiger charge is 2.15. The predicted octanol–water partition coefficient (Wildman–Crippen LogP) is 3.69. The first kappa shape index (κ1) is 17.0. The number of amides is 1. The zero-order valence-corrected chi connectivity index (χ0v) is 14.8. The van der Waals surface area contributed by atoms with Crippen LogP contribution in [0.15, 0.2) is 42.5 Å². The van der Waals surface area contributed by atoms with Gasteiger partial charge in [-0.25, -0.2) is 0 Å². The molecule has 126 valence electrons. The van der Waals surface area contributed by atoms with Crippen LogP contribution in [0.25, 0.3) is 0 Å². The number of hydrogen-bond donors (Lipinski definition) is 1. The van der Waals surface area contributed by atoms with Gasteiger partial charge in [0.15, 0.2) is 0 Å². The van der Waals surface area contributed by atoms with E-state index in [-0.39, 0.29) is 5.91 Å². The van der Waals surface area contributed by atoms with Crippen LogP contribution in [0.5, 0.6) is 0 Å². The number of benzene rings is 2. The highest BCUT2D eigenvalue weighted by molar-refractivity contribution is 6.30. The molecule has 4 heteroatoms.